The van der Waals surface area contributed by atoms with Gasteiger partial charge in [-0.1, -0.05) is 6.07 Å². The van der Waals surface area contributed by atoms with Crippen LogP contribution < -0.4 is 5.32 Å². The molecule has 0 saturated heterocycles. The van der Waals surface area contributed by atoms with Gasteiger partial charge in [0.15, 0.2) is 0 Å². The molecule has 2 aromatic rings. The Bertz CT molecular complexity index is 556. The quantitative estimate of drug-likeness (QED) is 0.878. The number of nitrogens with zero attached hydrogens (tertiary/aromatic N) is 1. The number of halogens is 2. The standard InChI is InChI=1S/C14H16BrFN2S/c1-9-8-19-14(18-9)5-6-17-10(2)11-3-4-13(16)12(15)7-11/h3-4,7-8,10,17H,5-6H2,1-2H3. The summed E-state index contributed by atoms with van der Waals surface area (Å²) >= 11 is 4.90. The minimum absolute atomic E-state index is 0.193. The topological polar surface area (TPSA) is 24.9 Å². The van der Waals surface area contributed by atoms with Crippen molar-refractivity contribution in [3.63, 3.8) is 0 Å². The van der Waals surface area contributed by atoms with E-state index in [1.807, 2.05) is 19.1 Å². The van der Waals surface area contributed by atoms with Gasteiger partial charge in [0.2, 0.25) is 0 Å². The van der Waals surface area contributed by atoms with E-state index in [1.165, 1.54) is 6.07 Å². The summed E-state index contributed by atoms with van der Waals surface area (Å²) in [4.78, 5) is 4.43. The summed E-state index contributed by atoms with van der Waals surface area (Å²) in [5.74, 6) is -0.228. The lowest BCUT2D eigenvalue weighted by molar-refractivity contribution is 0.571. The van der Waals surface area contributed by atoms with Gasteiger partial charge in [-0.25, -0.2) is 9.37 Å². The van der Waals surface area contributed by atoms with Gasteiger partial charge in [0.25, 0.3) is 0 Å². The maximum Gasteiger partial charge on any atom is 0.137 e. The summed E-state index contributed by atoms with van der Waals surface area (Å²) in [6.45, 7) is 4.95. The predicted molar refractivity (Wildman–Crippen MR) is 81.1 cm³/mol. The molecular formula is C14H16BrFN2S. The van der Waals surface area contributed by atoms with E-state index in [1.54, 1.807) is 11.3 Å². The second-order valence-corrected chi connectivity index (χ2v) is 6.28. The van der Waals surface area contributed by atoms with Gasteiger partial charge in [-0.2, -0.15) is 0 Å². The minimum Gasteiger partial charge on any atom is -0.310 e. The molecule has 1 aromatic heterocycles. The van der Waals surface area contributed by atoms with Gasteiger partial charge in [-0.3, -0.25) is 0 Å². The van der Waals surface area contributed by atoms with Crippen LogP contribution in [-0.4, -0.2) is 11.5 Å². The van der Waals surface area contributed by atoms with Crippen molar-refractivity contribution in [2.24, 2.45) is 0 Å². The highest BCUT2D eigenvalue weighted by molar-refractivity contribution is 9.10. The molecule has 1 atom stereocenters. The van der Waals surface area contributed by atoms with Crippen molar-refractivity contribution in [3.05, 3.63) is 50.1 Å². The molecule has 0 aliphatic rings. The molecule has 102 valence electrons. The number of aryl methyl sites for hydroxylation is 1. The normalized spacial score (nSPS) is 12.6. The van der Waals surface area contributed by atoms with E-state index in [4.69, 9.17) is 0 Å². The number of rotatable bonds is 5. The van der Waals surface area contributed by atoms with Crippen molar-refractivity contribution in [2.45, 2.75) is 26.3 Å². The highest BCUT2D eigenvalue weighted by Crippen LogP contribution is 2.21. The number of hydrogen-bond donors (Lipinski definition) is 1. The number of benzene rings is 1. The van der Waals surface area contributed by atoms with Gasteiger partial charge >= 0.3 is 0 Å². The number of nitrogens with one attached hydrogen (secondary N) is 1. The first-order valence-corrected chi connectivity index (χ1v) is 7.83. The molecule has 0 aliphatic carbocycles. The van der Waals surface area contributed by atoms with Crippen LogP contribution in [0.5, 0.6) is 0 Å². The zero-order chi connectivity index (χ0) is 13.8. The maximum atomic E-state index is 13.2. The predicted octanol–water partition coefficient (Wildman–Crippen LogP) is 4.25. The fourth-order valence-corrected chi connectivity index (χ4v) is 2.99. The Kier molecular flexibility index (Phi) is 5.07. The fourth-order valence-electron chi connectivity index (χ4n) is 1.81. The molecule has 1 unspecified atom stereocenters. The molecule has 1 N–H and O–H groups in total. The Morgan fingerprint density at radius 3 is 2.89 bits per heavy atom. The van der Waals surface area contributed by atoms with Crippen LogP contribution >= 0.6 is 27.3 Å². The summed E-state index contributed by atoms with van der Waals surface area (Å²) in [6.07, 6.45) is 0.922. The average molecular weight is 343 g/mol. The number of thiazole rings is 1. The van der Waals surface area contributed by atoms with Crippen LogP contribution in [0.1, 0.15) is 29.2 Å². The molecule has 2 nitrogen and oxygen atoms in total. The summed E-state index contributed by atoms with van der Waals surface area (Å²) in [6, 6.07) is 5.31. The molecule has 5 heteroatoms. The van der Waals surface area contributed by atoms with Gasteiger partial charge in [-0.15, -0.1) is 11.3 Å². The summed E-state index contributed by atoms with van der Waals surface area (Å²) in [7, 11) is 0. The SMILES string of the molecule is Cc1csc(CCNC(C)c2ccc(F)c(Br)c2)n1. The number of aromatic nitrogens is 1. The molecule has 0 fully saturated rings. The van der Waals surface area contributed by atoms with Crippen LogP contribution in [0.4, 0.5) is 4.39 Å². The van der Waals surface area contributed by atoms with Crippen molar-refractivity contribution in [1.82, 2.24) is 10.3 Å². The van der Waals surface area contributed by atoms with E-state index in [0.717, 1.165) is 29.2 Å². The fraction of sp³-hybridized carbons (Fsp3) is 0.357. The van der Waals surface area contributed by atoms with Crippen LogP contribution in [-0.2, 0) is 6.42 Å². The lowest BCUT2D eigenvalue weighted by atomic mass is 10.1. The van der Waals surface area contributed by atoms with E-state index in [9.17, 15) is 4.39 Å². The molecule has 1 aromatic carbocycles. The van der Waals surface area contributed by atoms with Gasteiger partial charge in [0.1, 0.15) is 5.82 Å². The molecule has 0 spiro atoms. The number of hydrogen-bond acceptors (Lipinski definition) is 3. The third-order valence-corrected chi connectivity index (χ3v) is 4.53. The third kappa shape index (κ3) is 4.09. The van der Waals surface area contributed by atoms with Crippen molar-refractivity contribution < 1.29 is 4.39 Å². The Balaban J connectivity index is 1.86. The van der Waals surface area contributed by atoms with Crippen LogP contribution in [0.15, 0.2) is 28.1 Å². The molecular weight excluding hydrogens is 327 g/mol. The highest BCUT2D eigenvalue weighted by atomic mass is 79.9. The summed E-state index contributed by atoms with van der Waals surface area (Å²) < 4.78 is 13.7. The van der Waals surface area contributed by atoms with Gasteiger partial charge in [0, 0.05) is 30.1 Å². The van der Waals surface area contributed by atoms with E-state index in [2.05, 4.69) is 38.5 Å². The first-order valence-electron chi connectivity index (χ1n) is 6.15. The molecule has 0 amide bonds. The van der Waals surface area contributed by atoms with E-state index in [-0.39, 0.29) is 11.9 Å². The second kappa shape index (κ2) is 6.59. The molecule has 0 bridgehead atoms. The average Bonchev–Trinajstić information content (AvgIpc) is 2.78. The Morgan fingerprint density at radius 2 is 2.26 bits per heavy atom. The van der Waals surface area contributed by atoms with Crippen molar-refractivity contribution >= 4 is 27.3 Å². The third-order valence-electron chi connectivity index (χ3n) is 2.90. The monoisotopic (exact) mass is 342 g/mol. The zero-order valence-corrected chi connectivity index (χ0v) is 13.3. The van der Waals surface area contributed by atoms with Crippen molar-refractivity contribution in [1.29, 1.82) is 0 Å². The Morgan fingerprint density at radius 1 is 1.47 bits per heavy atom. The van der Waals surface area contributed by atoms with Crippen LogP contribution in [0.2, 0.25) is 0 Å². The molecule has 0 radical (unpaired) electrons. The minimum atomic E-state index is -0.228. The summed E-state index contributed by atoms with van der Waals surface area (Å²) in [5, 5.41) is 6.64. The lowest BCUT2D eigenvalue weighted by Gasteiger charge is -2.14. The Labute approximate surface area is 125 Å². The largest absolute Gasteiger partial charge is 0.310 e. The van der Waals surface area contributed by atoms with E-state index < -0.39 is 0 Å². The molecule has 0 saturated carbocycles. The van der Waals surface area contributed by atoms with Crippen LogP contribution in [0.25, 0.3) is 0 Å². The molecule has 19 heavy (non-hydrogen) atoms. The molecule has 0 aliphatic heterocycles. The van der Waals surface area contributed by atoms with E-state index in [0.29, 0.717) is 4.47 Å². The van der Waals surface area contributed by atoms with E-state index >= 15 is 0 Å². The molecule has 2 rings (SSSR count). The first kappa shape index (κ1) is 14.6. The second-order valence-electron chi connectivity index (χ2n) is 4.48. The highest BCUT2D eigenvalue weighted by Gasteiger charge is 2.08. The van der Waals surface area contributed by atoms with Crippen molar-refractivity contribution in [3.8, 4) is 0 Å². The Hall–Kier alpha value is -0.780. The van der Waals surface area contributed by atoms with Gasteiger partial charge in [0.05, 0.1) is 9.48 Å². The van der Waals surface area contributed by atoms with Crippen LogP contribution in [0.3, 0.4) is 0 Å². The maximum absolute atomic E-state index is 13.2. The van der Waals surface area contributed by atoms with Crippen LogP contribution in [0, 0.1) is 12.7 Å². The lowest BCUT2D eigenvalue weighted by Crippen LogP contribution is -2.21. The van der Waals surface area contributed by atoms with Gasteiger partial charge < -0.3 is 5.32 Å². The van der Waals surface area contributed by atoms with Crippen molar-refractivity contribution in [2.75, 3.05) is 6.54 Å². The zero-order valence-electron chi connectivity index (χ0n) is 10.9. The van der Waals surface area contributed by atoms with Gasteiger partial charge in [-0.05, 0) is 47.5 Å². The summed E-state index contributed by atoms with van der Waals surface area (Å²) in [5.41, 5.74) is 2.15. The smallest absolute Gasteiger partial charge is 0.137 e. The first-order chi connectivity index (χ1) is 9.06. The molecule has 1 heterocycles.